The summed E-state index contributed by atoms with van der Waals surface area (Å²) in [6, 6.07) is 0.297. The third-order valence-electron chi connectivity index (χ3n) is 5.59. The van der Waals surface area contributed by atoms with Gasteiger partial charge in [-0.3, -0.25) is 4.79 Å². The van der Waals surface area contributed by atoms with Gasteiger partial charge >= 0.3 is 0 Å². The van der Waals surface area contributed by atoms with Crippen molar-refractivity contribution in [1.82, 2.24) is 4.90 Å². The number of nitrogens with zero attached hydrogens (tertiary/aromatic N) is 1. The fourth-order valence-corrected chi connectivity index (χ4v) is 4.06. The lowest BCUT2D eigenvalue weighted by molar-refractivity contribution is -0.167. The number of ether oxygens (including phenoxy) is 1. The van der Waals surface area contributed by atoms with Gasteiger partial charge in [-0.2, -0.15) is 0 Å². The summed E-state index contributed by atoms with van der Waals surface area (Å²) in [6.45, 7) is 7.83. The van der Waals surface area contributed by atoms with Gasteiger partial charge < -0.3 is 15.4 Å². The molecule has 124 valence electrons. The topological polar surface area (TPSA) is 55.6 Å². The molecule has 4 nitrogen and oxygen atoms in total. The fourth-order valence-electron chi connectivity index (χ4n) is 4.06. The zero-order valence-corrected chi connectivity index (χ0v) is 14.6. The molecular weight excluding hydrogens is 288 g/mol. The number of hydrogen-bond donors (Lipinski definition) is 1. The van der Waals surface area contributed by atoms with Gasteiger partial charge in [-0.05, 0) is 38.6 Å². The van der Waals surface area contributed by atoms with E-state index in [4.69, 9.17) is 10.5 Å². The Bertz CT molecular complexity index is 362. The van der Waals surface area contributed by atoms with Crippen LogP contribution in [0.25, 0.3) is 0 Å². The number of nitrogens with two attached hydrogens (primary N) is 1. The Morgan fingerprint density at radius 1 is 1.38 bits per heavy atom. The van der Waals surface area contributed by atoms with E-state index >= 15 is 0 Å². The summed E-state index contributed by atoms with van der Waals surface area (Å²) in [4.78, 5) is 14.7. The van der Waals surface area contributed by atoms with Gasteiger partial charge in [0.15, 0.2) is 0 Å². The molecule has 2 saturated carbocycles. The second-order valence-electron chi connectivity index (χ2n) is 7.00. The van der Waals surface area contributed by atoms with Crippen molar-refractivity contribution in [3.63, 3.8) is 0 Å². The van der Waals surface area contributed by atoms with Crippen LogP contribution in [-0.4, -0.2) is 43.2 Å². The molecule has 2 N–H and O–H groups in total. The lowest BCUT2D eigenvalue weighted by atomic mass is 9.63. The quantitative estimate of drug-likeness (QED) is 0.847. The Balaban J connectivity index is 0.00000220. The van der Waals surface area contributed by atoms with Crippen molar-refractivity contribution in [2.24, 2.45) is 23.0 Å². The largest absolute Gasteiger partial charge is 0.378 e. The van der Waals surface area contributed by atoms with E-state index in [1.807, 2.05) is 18.9 Å². The van der Waals surface area contributed by atoms with Gasteiger partial charge in [0, 0.05) is 31.0 Å². The van der Waals surface area contributed by atoms with E-state index in [0.29, 0.717) is 24.4 Å². The SMILES string of the molecule is CCOC1CC(N(C)C(=O)[C@@H]2CCC[C@@H]2CN)C1(C)C.Cl. The van der Waals surface area contributed by atoms with E-state index in [0.717, 1.165) is 32.3 Å². The van der Waals surface area contributed by atoms with Crippen LogP contribution in [0.4, 0.5) is 0 Å². The van der Waals surface area contributed by atoms with Crippen LogP contribution in [0, 0.1) is 17.3 Å². The first-order chi connectivity index (χ1) is 9.43. The first-order valence-electron chi connectivity index (χ1n) is 8.01. The first kappa shape index (κ1) is 18.7. The van der Waals surface area contributed by atoms with Crippen LogP contribution < -0.4 is 5.73 Å². The molecule has 21 heavy (non-hydrogen) atoms. The molecule has 0 saturated heterocycles. The summed E-state index contributed by atoms with van der Waals surface area (Å²) in [7, 11) is 1.96. The minimum Gasteiger partial charge on any atom is -0.378 e. The minimum absolute atomic E-state index is 0. The molecule has 0 radical (unpaired) electrons. The van der Waals surface area contributed by atoms with Gasteiger partial charge in [0.05, 0.1) is 6.10 Å². The Kier molecular flexibility index (Phi) is 6.51. The molecular formula is C16H31ClN2O2. The summed E-state index contributed by atoms with van der Waals surface area (Å²) in [5.74, 6) is 0.828. The van der Waals surface area contributed by atoms with Crippen LogP contribution in [0.3, 0.4) is 0 Å². The molecule has 2 aliphatic rings. The maximum atomic E-state index is 12.7. The zero-order valence-electron chi connectivity index (χ0n) is 13.8. The van der Waals surface area contributed by atoms with Gasteiger partial charge in [0.2, 0.25) is 5.91 Å². The summed E-state index contributed by atoms with van der Waals surface area (Å²) in [6.07, 6.45) is 4.50. The number of hydrogen-bond acceptors (Lipinski definition) is 3. The van der Waals surface area contributed by atoms with Crippen LogP contribution in [0.1, 0.15) is 46.5 Å². The highest BCUT2D eigenvalue weighted by Crippen LogP contribution is 2.46. The average molecular weight is 319 g/mol. The van der Waals surface area contributed by atoms with Crippen LogP contribution in [0.15, 0.2) is 0 Å². The van der Waals surface area contributed by atoms with Gasteiger partial charge in [-0.1, -0.05) is 20.3 Å². The van der Waals surface area contributed by atoms with Gasteiger partial charge in [-0.25, -0.2) is 0 Å². The molecule has 0 aromatic carbocycles. The van der Waals surface area contributed by atoms with Crippen LogP contribution in [-0.2, 0) is 9.53 Å². The third-order valence-corrected chi connectivity index (χ3v) is 5.59. The number of carbonyl (C=O) groups excluding carboxylic acids is 1. The Morgan fingerprint density at radius 2 is 2.05 bits per heavy atom. The summed E-state index contributed by atoms with van der Waals surface area (Å²) in [5.41, 5.74) is 5.86. The average Bonchev–Trinajstić information content (AvgIpc) is 2.89. The molecule has 0 heterocycles. The van der Waals surface area contributed by atoms with E-state index in [-0.39, 0.29) is 29.8 Å². The number of halogens is 1. The minimum atomic E-state index is 0. The second kappa shape index (κ2) is 7.30. The van der Waals surface area contributed by atoms with Crippen molar-refractivity contribution < 1.29 is 9.53 Å². The van der Waals surface area contributed by atoms with Gasteiger partial charge in [-0.15, -0.1) is 12.4 Å². The lowest BCUT2D eigenvalue weighted by Gasteiger charge is -2.55. The van der Waals surface area contributed by atoms with Crippen LogP contribution in [0.5, 0.6) is 0 Å². The standard InChI is InChI=1S/C16H30N2O2.ClH/c1-5-20-14-9-13(16(14,2)3)18(4)15(19)12-8-6-7-11(12)10-17;/h11-14H,5-10,17H2,1-4H3;1H/t11-,12-,13?,14?;/m1./s1. The molecule has 0 spiro atoms. The monoisotopic (exact) mass is 318 g/mol. The van der Waals surface area contributed by atoms with Crippen LogP contribution >= 0.6 is 12.4 Å². The highest BCUT2D eigenvalue weighted by molar-refractivity contribution is 5.85. The number of amides is 1. The predicted octanol–water partition coefficient (Wildman–Crippen LogP) is 2.45. The van der Waals surface area contributed by atoms with Crippen molar-refractivity contribution in [1.29, 1.82) is 0 Å². The van der Waals surface area contributed by atoms with Crippen molar-refractivity contribution in [3.05, 3.63) is 0 Å². The molecule has 0 aromatic rings. The van der Waals surface area contributed by atoms with Crippen molar-refractivity contribution >= 4 is 18.3 Å². The zero-order chi connectivity index (χ0) is 14.9. The second-order valence-corrected chi connectivity index (χ2v) is 7.00. The van der Waals surface area contributed by atoms with Crippen molar-refractivity contribution in [2.45, 2.75) is 58.6 Å². The summed E-state index contributed by atoms with van der Waals surface area (Å²) in [5, 5.41) is 0. The summed E-state index contributed by atoms with van der Waals surface area (Å²) >= 11 is 0. The number of carbonyl (C=O) groups is 1. The van der Waals surface area contributed by atoms with Crippen LogP contribution in [0.2, 0.25) is 0 Å². The van der Waals surface area contributed by atoms with Gasteiger partial charge in [0.1, 0.15) is 0 Å². The predicted molar refractivity (Wildman–Crippen MR) is 87.5 cm³/mol. The molecule has 5 heteroatoms. The molecule has 0 bridgehead atoms. The fraction of sp³-hybridized carbons (Fsp3) is 0.938. The van der Waals surface area contributed by atoms with E-state index in [2.05, 4.69) is 13.8 Å². The Hall–Kier alpha value is -0.320. The van der Waals surface area contributed by atoms with E-state index in [1.54, 1.807) is 0 Å². The highest BCUT2D eigenvalue weighted by Gasteiger charge is 2.52. The Labute approximate surface area is 135 Å². The maximum absolute atomic E-state index is 12.7. The third kappa shape index (κ3) is 3.38. The molecule has 4 atom stereocenters. The molecule has 2 aliphatic carbocycles. The molecule has 2 unspecified atom stereocenters. The first-order valence-corrected chi connectivity index (χ1v) is 8.01. The van der Waals surface area contributed by atoms with E-state index in [1.165, 1.54) is 0 Å². The van der Waals surface area contributed by atoms with E-state index < -0.39 is 0 Å². The number of rotatable bonds is 5. The summed E-state index contributed by atoms with van der Waals surface area (Å²) < 4.78 is 5.76. The van der Waals surface area contributed by atoms with E-state index in [9.17, 15) is 4.79 Å². The van der Waals surface area contributed by atoms with Crippen molar-refractivity contribution in [3.8, 4) is 0 Å². The molecule has 1 amide bonds. The molecule has 2 rings (SSSR count). The molecule has 0 aliphatic heterocycles. The molecule has 2 fully saturated rings. The van der Waals surface area contributed by atoms with Crippen molar-refractivity contribution in [2.75, 3.05) is 20.2 Å². The lowest BCUT2D eigenvalue weighted by Crippen LogP contribution is -2.63. The van der Waals surface area contributed by atoms with Gasteiger partial charge in [0.25, 0.3) is 0 Å². The maximum Gasteiger partial charge on any atom is 0.226 e. The highest BCUT2D eigenvalue weighted by atomic mass is 35.5. The normalized spacial score (nSPS) is 34.0. The smallest absolute Gasteiger partial charge is 0.226 e. The molecule has 0 aromatic heterocycles. The Morgan fingerprint density at radius 3 is 2.57 bits per heavy atom.